The molecule has 0 fully saturated rings. The summed E-state index contributed by atoms with van der Waals surface area (Å²) in [7, 11) is 0. The average Bonchev–Trinajstić information content (AvgIpc) is 2.39. The monoisotopic (exact) mass is 304 g/mol. The molecule has 2 rings (SSSR count). The van der Waals surface area contributed by atoms with Crippen molar-refractivity contribution < 1.29 is 5.11 Å². The number of aryl methyl sites for hydroxylation is 1. The van der Waals surface area contributed by atoms with Gasteiger partial charge in [-0.05, 0) is 29.2 Å². The Morgan fingerprint density at radius 1 is 1.11 bits per heavy atom. The molecule has 0 aliphatic rings. The van der Waals surface area contributed by atoms with E-state index < -0.39 is 6.10 Å². The zero-order valence-electron chi connectivity index (χ0n) is 10.4. The molecule has 1 nitrogen and oxygen atoms in total. The van der Waals surface area contributed by atoms with E-state index in [1.54, 1.807) is 0 Å². The molecule has 2 aromatic carbocycles. The third-order valence-corrected chi connectivity index (χ3v) is 3.73. The quantitative estimate of drug-likeness (QED) is 0.883. The number of aliphatic hydroxyl groups is 1. The van der Waals surface area contributed by atoms with Gasteiger partial charge in [-0.15, -0.1) is 0 Å². The van der Waals surface area contributed by atoms with Crippen LogP contribution in [0.15, 0.2) is 53.0 Å². The Balaban J connectivity index is 2.31. The maximum Gasteiger partial charge on any atom is 0.105 e. The maximum absolute atomic E-state index is 10.4. The third kappa shape index (κ3) is 3.01. The Morgan fingerprint density at radius 2 is 1.89 bits per heavy atom. The molecule has 0 spiro atoms. The van der Waals surface area contributed by atoms with Gasteiger partial charge >= 0.3 is 0 Å². The summed E-state index contributed by atoms with van der Waals surface area (Å²) < 4.78 is 0.943. The minimum Gasteiger partial charge on any atom is -0.384 e. The van der Waals surface area contributed by atoms with Gasteiger partial charge in [0.05, 0.1) is 0 Å². The molecule has 0 bridgehead atoms. The second-order valence-corrected chi connectivity index (χ2v) is 5.27. The van der Waals surface area contributed by atoms with Gasteiger partial charge in [-0.1, -0.05) is 71.7 Å². The van der Waals surface area contributed by atoms with Crippen molar-refractivity contribution in [2.75, 3.05) is 0 Å². The number of hydrogen-bond acceptors (Lipinski definition) is 1. The summed E-state index contributed by atoms with van der Waals surface area (Å²) in [4.78, 5) is 0. The zero-order chi connectivity index (χ0) is 13.0. The van der Waals surface area contributed by atoms with E-state index in [9.17, 15) is 5.11 Å². The molecule has 0 radical (unpaired) electrons. The maximum atomic E-state index is 10.4. The summed E-state index contributed by atoms with van der Waals surface area (Å²) in [6.45, 7) is 2.16. The fraction of sp³-hybridized carbons (Fsp3) is 0.250. The van der Waals surface area contributed by atoms with Gasteiger partial charge in [-0.2, -0.15) is 0 Å². The predicted molar refractivity (Wildman–Crippen MR) is 78.6 cm³/mol. The van der Waals surface area contributed by atoms with E-state index in [-0.39, 0.29) is 0 Å². The van der Waals surface area contributed by atoms with Crippen LogP contribution >= 0.6 is 15.9 Å². The molecule has 1 atom stereocenters. The molecule has 1 N–H and O–H groups in total. The Kier molecular flexibility index (Phi) is 4.56. The fourth-order valence-electron chi connectivity index (χ4n) is 2.08. The molecule has 0 saturated carbocycles. The SMILES string of the molecule is CCCc1cccc(C(O)c2ccccc2Br)c1. The van der Waals surface area contributed by atoms with Crippen LogP contribution in [0, 0.1) is 0 Å². The second-order valence-electron chi connectivity index (χ2n) is 4.42. The van der Waals surface area contributed by atoms with Gasteiger partial charge in [-0.25, -0.2) is 0 Å². The highest BCUT2D eigenvalue weighted by Gasteiger charge is 2.13. The van der Waals surface area contributed by atoms with Crippen molar-refractivity contribution in [2.24, 2.45) is 0 Å². The lowest BCUT2D eigenvalue weighted by molar-refractivity contribution is 0.219. The fourth-order valence-corrected chi connectivity index (χ4v) is 2.59. The Labute approximate surface area is 117 Å². The van der Waals surface area contributed by atoms with Crippen LogP contribution in [-0.2, 0) is 6.42 Å². The van der Waals surface area contributed by atoms with Gasteiger partial charge in [-0.3, -0.25) is 0 Å². The lowest BCUT2D eigenvalue weighted by atomic mass is 9.98. The molecule has 0 amide bonds. The molecule has 0 heterocycles. The van der Waals surface area contributed by atoms with E-state index in [0.717, 1.165) is 28.4 Å². The first-order valence-corrected chi connectivity index (χ1v) is 7.03. The first-order chi connectivity index (χ1) is 8.72. The van der Waals surface area contributed by atoms with E-state index >= 15 is 0 Å². The predicted octanol–water partition coefficient (Wildman–Crippen LogP) is 4.48. The van der Waals surface area contributed by atoms with Crippen molar-refractivity contribution in [3.8, 4) is 0 Å². The highest BCUT2D eigenvalue weighted by molar-refractivity contribution is 9.10. The van der Waals surface area contributed by atoms with E-state index in [0.29, 0.717) is 0 Å². The Morgan fingerprint density at radius 3 is 2.61 bits per heavy atom. The van der Waals surface area contributed by atoms with Crippen LogP contribution in [0.25, 0.3) is 0 Å². The molecular formula is C16H17BrO. The summed E-state index contributed by atoms with van der Waals surface area (Å²) >= 11 is 3.48. The number of aliphatic hydroxyl groups excluding tert-OH is 1. The van der Waals surface area contributed by atoms with Crippen molar-refractivity contribution in [3.05, 3.63) is 69.7 Å². The lowest BCUT2D eigenvalue weighted by Gasteiger charge is -2.14. The van der Waals surface area contributed by atoms with Crippen molar-refractivity contribution in [1.29, 1.82) is 0 Å². The smallest absolute Gasteiger partial charge is 0.105 e. The normalized spacial score (nSPS) is 12.4. The van der Waals surface area contributed by atoms with Gasteiger partial charge in [0.1, 0.15) is 6.10 Å². The van der Waals surface area contributed by atoms with Crippen LogP contribution < -0.4 is 0 Å². The van der Waals surface area contributed by atoms with Crippen molar-refractivity contribution in [2.45, 2.75) is 25.9 Å². The molecule has 94 valence electrons. The molecule has 0 aromatic heterocycles. The molecule has 2 aromatic rings. The number of benzene rings is 2. The highest BCUT2D eigenvalue weighted by atomic mass is 79.9. The summed E-state index contributed by atoms with van der Waals surface area (Å²) in [5.41, 5.74) is 3.14. The van der Waals surface area contributed by atoms with Gasteiger partial charge in [0.2, 0.25) is 0 Å². The van der Waals surface area contributed by atoms with Crippen LogP contribution in [0.4, 0.5) is 0 Å². The topological polar surface area (TPSA) is 20.2 Å². The van der Waals surface area contributed by atoms with Crippen LogP contribution in [0.2, 0.25) is 0 Å². The summed E-state index contributed by atoms with van der Waals surface area (Å²) in [5.74, 6) is 0. The molecule has 1 unspecified atom stereocenters. The summed E-state index contributed by atoms with van der Waals surface area (Å²) in [6.07, 6.45) is 1.60. The molecular weight excluding hydrogens is 288 g/mol. The Bertz CT molecular complexity index is 522. The van der Waals surface area contributed by atoms with Gasteiger partial charge in [0.15, 0.2) is 0 Å². The number of rotatable bonds is 4. The minimum absolute atomic E-state index is 0.572. The van der Waals surface area contributed by atoms with E-state index in [1.165, 1.54) is 5.56 Å². The number of hydrogen-bond donors (Lipinski definition) is 1. The molecule has 0 saturated heterocycles. The molecule has 2 heteroatoms. The lowest BCUT2D eigenvalue weighted by Crippen LogP contribution is -2.01. The molecule has 0 aliphatic carbocycles. The molecule has 18 heavy (non-hydrogen) atoms. The second kappa shape index (κ2) is 6.17. The minimum atomic E-state index is -0.572. The largest absolute Gasteiger partial charge is 0.384 e. The van der Waals surface area contributed by atoms with Crippen molar-refractivity contribution in [3.63, 3.8) is 0 Å². The van der Waals surface area contributed by atoms with Crippen LogP contribution in [0.3, 0.4) is 0 Å². The first-order valence-electron chi connectivity index (χ1n) is 6.23. The summed E-state index contributed by atoms with van der Waals surface area (Å²) in [5, 5.41) is 10.4. The zero-order valence-corrected chi connectivity index (χ0v) is 12.0. The van der Waals surface area contributed by atoms with Crippen LogP contribution in [-0.4, -0.2) is 5.11 Å². The van der Waals surface area contributed by atoms with E-state index in [4.69, 9.17) is 0 Å². The summed E-state index contributed by atoms with van der Waals surface area (Å²) in [6, 6.07) is 16.0. The highest BCUT2D eigenvalue weighted by Crippen LogP contribution is 2.28. The van der Waals surface area contributed by atoms with Crippen LogP contribution in [0.5, 0.6) is 0 Å². The van der Waals surface area contributed by atoms with Gasteiger partial charge in [0.25, 0.3) is 0 Å². The third-order valence-electron chi connectivity index (χ3n) is 3.01. The van der Waals surface area contributed by atoms with Gasteiger partial charge < -0.3 is 5.11 Å². The molecule has 0 aliphatic heterocycles. The van der Waals surface area contributed by atoms with Gasteiger partial charge in [0, 0.05) is 4.47 Å². The van der Waals surface area contributed by atoms with E-state index in [1.807, 2.05) is 36.4 Å². The van der Waals surface area contributed by atoms with Crippen molar-refractivity contribution >= 4 is 15.9 Å². The van der Waals surface area contributed by atoms with Crippen LogP contribution in [0.1, 0.15) is 36.1 Å². The standard InChI is InChI=1S/C16H17BrO/c1-2-6-12-7-5-8-13(11-12)16(18)14-9-3-4-10-15(14)17/h3-5,7-11,16,18H,2,6H2,1H3. The van der Waals surface area contributed by atoms with E-state index in [2.05, 4.69) is 35.0 Å². The number of halogens is 1. The first kappa shape index (κ1) is 13.3. The van der Waals surface area contributed by atoms with Crippen molar-refractivity contribution in [1.82, 2.24) is 0 Å². The Hall–Kier alpha value is -1.12. The average molecular weight is 305 g/mol.